The number of hydrogen-bond donors (Lipinski definition) is 2. The summed E-state index contributed by atoms with van der Waals surface area (Å²) in [5.74, 6) is 0.876. The molecule has 0 saturated carbocycles. The molecule has 0 aromatic heterocycles. The first-order valence-corrected chi connectivity index (χ1v) is 13.2. The lowest BCUT2D eigenvalue weighted by molar-refractivity contribution is -0.137. The van der Waals surface area contributed by atoms with Gasteiger partial charge in [0.05, 0.1) is 29.4 Å². The Morgan fingerprint density at radius 3 is 2.41 bits per heavy atom. The molecule has 1 aliphatic heterocycles. The summed E-state index contributed by atoms with van der Waals surface area (Å²) in [4.78, 5) is 4.32. The first-order valence-electron chi connectivity index (χ1n) is 12.8. The van der Waals surface area contributed by atoms with Gasteiger partial charge >= 0.3 is 6.18 Å². The summed E-state index contributed by atoms with van der Waals surface area (Å²) >= 11 is 5.75. The van der Waals surface area contributed by atoms with E-state index in [1.54, 1.807) is 0 Å². The van der Waals surface area contributed by atoms with E-state index in [0.29, 0.717) is 45.6 Å². The Hall–Kier alpha value is -1.84. The molecule has 0 amide bonds. The molecule has 1 fully saturated rings. The predicted molar refractivity (Wildman–Crippen MR) is 140 cm³/mol. The average molecular weight is 543 g/mol. The fourth-order valence-electron chi connectivity index (χ4n) is 4.77. The number of likely N-dealkylation sites (N-methyl/N-ethyl adjacent to an activating group) is 1. The van der Waals surface area contributed by atoms with Gasteiger partial charge in [0.25, 0.3) is 0 Å². The molecule has 2 aromatic rings. The van der Waals surface area contributed by atoms with Gasteiger partial charge in [-0.1, -0.05) is 23.7 Å². The number of benzene rings is 2. The Bertz CT molecular complexity index is 1040. The Kier molecular flexibility index (Phi) is 10.3. The van der Waals surface area contributed by atoms with Crippen LogP contribution in [0.15, 0.2) is 30.3 Å². The number of rotatable bonds is 11. The van der Waals surface area contributed by atoms with Gasteiger partial charge in [0.15, 0.2) is 0 Å². The standard InChI is InChI=1S/C28H38ClF3N2O3/c1-20-21(2)26(37-17-5-4-12-33(3)15-16-35)9-6-22(20)19-34-13-10-27(36,11-14-34)23-7-8-25(29)24(18-23)28(30,31)32/h6-9,18,35-36H,4-5,10-17,19H2,1-3H3. The van der Waals surface area contributed by atoms with E-state index < -0.39 is 17.3 Å². The summed E-state index contributed by atoms with van der Waals surface area (Å²) in [7, 11) is 1.99. The number of aliphatic hydroxyl groups is 2. The zero-order valence-corrected chi connectivity index (χ0v) is 22.6. The second-order valence-corrected chi connectivity index (χ2v) is 10.5. The van der Waals surface area contributed by atoms with Gasteiger partial charge in [0.1, 0.15) is 5.75 Å². The molecule has 0 unspecified atom stereocenters. The minimum absolute atomic E-state index is 0.168. The van der Waals surface area contributed by atoms with Crippen molar-refractivity contribution >= 4 is 11.6 Å². The number of halogens is 4. The second kappa shape index (κ2) is 12.8. The van der Waals surface area contributed by atoms with Gasteiger partial charge in [-0.15, -0.1) is 0 Å². The highest BCUT2D eigenvalue weighted by molar-refractivity contribution is 6.31. The van der Waals surface area contributed by atoms with Crippen molar-refractivity contribution in [2.24, 2.45) is 0 Å². The third kappa shape index (κ3) is 7.83. The van der Waals surface area contributed by atoms with Gasteiger partial charge in [0.2, 0.25) is 0 Å². The second-order valence-electron chi connectivity index (χ2n) is 10.1. The Labute approximate surface area is 222 Å². The van der Waals surface area contributed by atoms with E-state index in [0.717, 1.165) is 42.3 Å². The van der Waals surface area contributed by atoms with Crippen LogP contribution in [0.2, 0.25) is 5.02 Å². The van der Waals surface area contributed by atoms with E-state index in [1.807, 2.05) is 13.1 Å². The molecular weight excluding hydrogens is 505 g/mol. The van der Waals surface area contributed by atoms with Crippen LogP contribution in [0.3, 0.4) is 0 Å². The maximum absolute atomic E-state index is 13.3. The average Bonchev–Trinajstić information content (AvgIpc) is 2.84. The van der Waals surface area contributed by atoms with Crippen LogP contribution >= 0.6 is 11.6 Å². The molecule has 2 N–H and O–H groups in total. The number of alkyl halides is 3. The highest BCUT2D eigenvalue weighted by Gasteiger charge is 2.38. The molecule has 37 heavy (non-hydrogen) atoms. The van der Waals surface area contributed by atoms with E-state index in [1.165, 1.54) is 17.7 Å². The van der Waals surface area contributed by atoms with Crippen LogP contribution < -0.4 is 4.74 Å². The lowest BCUT2D eigenvalue weighted by atomic mass is 9.83. The normalized spacial score (nSPS) is 16.4. The van der Waals surface area contributed by atoms with Crippen LogP contribution in [0.25, 0.3) is 0 Å². The van der Waals surface area contributed by atoms with Crippen molar-refractivity contribution in [3.8, 4) is 5.75 Å². The molecule has 0 radical (unpaired) electrons. The first kappa shape index (κ1) is 29.7. The molecular formula is C28H38ClF3N2O3. The Balaban J connectivity index is 1.55. The van der Waals surface area contributed by atoms with E-state index in [-0.39, 0.29) is 17.2 Å². The van der Waals surface area contributed by atoms with Gasteiger partial charge in [-0.3, -0.25) is 4.90 Å². The van der Waals surface area contributed by atoms with Crippen molar-refractivity contribution < 1.29 is 28.1 Å². The van der Waals surface area contributed by atoms with E-state index in [9.17, 15) is 18.3 Å². The van der Waals surface area contributed by atoms with E-state index in [2.05, 4.69) is 29.7 Å². The zero-order valence-electron chi connectivity index (χ0n) is 21.9. The maximum atomic E-state index is 13.3. The summed E-state index contributed by atoms with van der Waals surface area (Å²) in [6.45, 7) is 8.38. The van der Waals surface area contributed by atoms with Crippen LogP contribution in [-0.2, 0) is 18.3 Å². The van der Waals surface area contributed by atoms with Crippen molar-refractivity contribution in [1.82, 2.24) is 9.80 Å². The highest BCUT2D eigenvalue weighted by Crippen LogP contribution is 2.40. The summed E-state index contributed by atoms with van der Waals surface area (Å²) in [6.07, 6.45) is -1.93. The topological polar surface area (TPSA) is 56.2 Å². The molecule has 1 aliphatic rings. The number of nitrogens with zero attached hydrogens (tertiary/aromatic N) is 2. The SMILES string of the molecule is Cc1c(CN2CCC(O)(c3ccc(Cl)c(C(F)(F)F)c3)CC2)ccc(OCCCCN(C)CCO)c1C. The molecule has 0 spiro atoms. The van der Waals surface area contributed by atoms with Gasteiger partial charge in [-0.25, -0.2) is 0 Å². The Morgan fingerprint density at radius 2 is 1.76 bits per heavy atom. The number of piperidine rings is 1. The van der Waals surface area contributed by atoms with Crippen LogP contribution in [0, 0.1) is 13.8 Å². The lowest BCUT2D eigenvalue weighted by Gasteiger charge is -2.39. The maximum Gasteiger partial charge on any atom is 0.417 e. The largest absolute Gasteiger partial charge is 0.493 e. The van der Waals surface area contributed by atoms with Gasteiger partial charge in [0, 0.05) is 26.2 Å². The molecule has 0 bridgehead atoms. The minimum atomic E-state index is -4.56. The first-order chi connectivity index (χ1) is 17.4. The van der Waals surface area contributed by atoms with Gasteiger partial charge in [-0.2, -0.15) is 13.2 Å². The molecule has 206 valence electrons. The summed E-state index contributed by atoms with van der Waals surface area (Å²) in [5, 5.41) is 19.8. The van der Waals surface area contributed by atoms with E-state index >= 15 is 0 Å². The van der Waals surface area contributed by atoms with Crippen LogP contribution in [0.1, 0.15) is 53.5 Å². The summed E-state index contributed by atoms with van der Waals surface area (Å²) < 4.78 is 45.9. The predicted octanol–water partition coefficient (Wildman–Crippen LogP) is 5.54. The number of likely N-dealkylation sites (tertiary alicyclic amines) is 1. The lowest BCUT2D eigenvalue weighted by Crippen LogP contribution is -2.42. The third-order valence-electron chi connectivity index (χ3n) is 7.41. The molecule has 2 aromatic carbocycles. The fraction of sp³-hybridized carbons (Fsp3) is 0.571. The molecule has 5 nitrogen and oxygen atoms in total. The monoisotopic (exact) mass is 542 g/mol. The van der Waals surface area contributed by atoms with Crippen LogP contribution in [0.4, 0.5) is 13.2 Å². The number of aliphatic hydroxyl groups excluding tert-OH is 1. The van der Waals surface area contributed by atoms with Crippen LogP contribution in [-0.4, -0.2) is 66.5 Å². The van der Waals surface area contributed by atoms with E-state index in [4.69, 9.17) is 21.4 Å². The number of unbranched alkanes of at least 4 members (excludes halogenated alkanes) is 1. The smallest absolute Gasteiger partial charge is 0.417 e. The summed E-state index contributed by atoms with van der Waals surface area (Å²) in [5.41, 5.74) is 1.48. The Morgan fingerprint density at radius 1 is 1.05 bits per heavy atom. The van der Waals surface area contributed by atoms with Gasteiger partial charge < -0.3 is 19.8 Å². The van der Waals surface area contributed by atoms with Crippen molar-refractivity contribution in [1.29, 1.82) is 0 Å². The highest BCUT2D eigenvalue weighted by atomic mass is 35.5. The molecule has 3 rings (SSSR count). The fourth-order valence-corrected chi connectivity index (χ4v) is 5.00. The van der Waals surface area contributed by atoms with Crippen molar-refractivity contribution in [3.05, 3.63) is 63.2 Å². The molecule has 9 heteroatoms. The third-order valence-corrected chi connectivity index (χ3v) is 7.74. The molecule has 1 heterocycles. The van der Waals surface area contributed by atoms with Crippen molar-refractivity contribution in [3.63, 3.8) is 0 Å². The van der Waals surface area contributed by atoms with Crippen molar-refractivity contribution in [2.75, 3.05) is 46.4 Å². The van der Waals surface area contributed by atoms with Gasteiger partial charge in [-0.05, 0) is 93.6 Å². The quantitative estimate of drug-likeness (QED) is 0.365. The number of hydrogen-bond acceptors (Lipinski definition) is 5. The minimum Gasteiger partial charge on any atom is -0.493 e. The number of ether oxygens (including phenoxy) is 1. The zero-order chi connectivity index (χ0) is 27.2. The molecule has 0 atom stereocenters. The van der Waals surface area contributed by atoms with Crippen molar-refractivity contribution in [2.45, 2.75) is 57.9 Å². The molecule has 0 aliphatic carbocycles. The van der Waals surface area contributed by atoms with Crippen LogP contribution in [0.5, 0.6) is 5.75 Å². The molecule has 1 saturated heterocycles. The summed E-state index contributed by atoms with van der Waals surface area (Å²) in [6, 6.07) is 7.77.